The molecular weight excluding hydrogens is 288 g/mol. The maximum Gasteiger partial charge on any atom is 0.416 e. The Bertz CT molecular complexity index is 497. The molecule has 0 saturated heterocycles. The van der Waals surface area contributed by atoms with Gasteiger partial charge >= 0.3 is 12.4 Å². The Morgan fingerprint density at radius 3 is 1.80 bits per heavy atom. The van der Waals surface area contributed by atoms with Gasteiger partial charge in [-0.1, -0.05) is 6.08 Å². The van der Waals surface area contributed by atoms with Crippen LogP contribution in [-0.4, -0.2) is 12.3 Å². The second-order valence-corrected chi connectivity index (χ2v) is 3.84. The molecular formula is C12H9F6NO. The van der Waals surface area contributed by atoms with Crippen molar-refractivity contribution in [3.8, 4) is 0 Å². The number of alkyl halides is 6. The summed E-state index contributed by atoms with van der Waals surface area (Å²) < 4.78 is 75.1. The molecule has 2 N–H and O–H groups in total. The molecule has 0 heterocycles. The fourth-order valence-corrected chi connectivity index (χ4v) is 1.33. The van der Waals surface area contributed by atoms with E-state index in [1.165, 1.54) is 0 Å². The zero-order chi connectivity index (χ0) is 15.6. The van der Waals surface area contributed by atoms with E-state index in [9.17, 15) is 31.1 Å². The van der Waals surface area contributed by atoms with Gasteiger partial charge in [0, 0.05) is 0 Å². The normalized spacial score (nSPS) is 12.9. The number of carbonyl (C=O) groups excluding carboxylic acids is 1. The van der Waals surface area contributed by atoms with Crippen molar-refractivity contribution in [3.63, 3.8) is 0 Å². The molecule has 0 saturated carbocycles. The van der Waals surface area contributed by atoms with Gasteiger partial charge < -0.3 is 5.73 Å². The second kappa shape index (κ2) is 5.66. The topological polar surface area (TPSA) is 43.1 Å². The zero-order valence-corrected chi connectivity index (χ0v) is 9.85. The molecule has 1 aromatic rings. The summed E-state index contributed by atoms with van der Waals surface area (Å²) in [6.45, 7) is -0.387. The molecule has 0 spiro atoms. The third kappa shape index (κ3) is 4.37. The Kier molecular flexibility index (Phi) is 4.59. The second-order valence-electron chi connectivity index (χ2n) is 3.84. The van der Waals surface area contributed by atoms with Crippen LogP contribution in [0.4, 0.5) is 26.3 Å². The summed E-state index contributed by atoms with van der Waals surface area (Å²) in [5.74, 6) is -0.615. The molecule has 0 amide bonds. The van der Waals surface area contributed by atoms with Crippen LogP contribution in [0, 0.1) is 0 Å². The lowest BCUT2D eigenvalue weighted by Crippen LogP contribution is -2.11. The number of hydrogen-bond acceptors (Lipinski definition) is 2. The summed E-state index contributed by atoms with van der Waals surface area (Å²) in [6.07, 6.45) is -8.14. The van der Waals surface area contributed by atoms with Gasteiger partial charge in [0.2, 0.25) is 0 Å². The Balaban J connectivity index is 3.31. The number of nitrogens with two attached hydrogens (primary N) is 1. The molecule has 1 aromatic carbocycles. The van der Waals surface area contributed by atoms with Crippen molar-refractivity contribution in [3.05, 3.63) is 41.0 Å². The first-order valence-corrected chi connectivity index (χ1v) is 5.24. The van der Waals surface area contributed by atoms with Crippen LogP contribution in [0.1, 0.15) is 16.7 Å². The van der Waals surface area contributed by atoms with Crippen LogP contribution >= 0.6 is 0 Å². The van der Waals surface area contributed by atoms with Gasteiger partial charge in [-0.25, -0.2) is 0 Å². The average Bonchev–Trinajstić information content (AvgIpc) is 2.33. The van der Waals surface area contributed by atoms with E-state index in [1.54, 1.807) is 0 Å². The molecule has 0 aliphatic rings. The van der Waals surface area contributed by atoms with Crippen LogP contribution in [0.3, 0.4) is 0 Å². The van der Waals surface area contributed by atoms with Gasteiger partial charge in [0.25, 0.3) is 0 Å². The molecule has 110 valence electrons. The van der Waals surface area contributed by atoms with Gasteiger partial charge in [-0.3, -0.25) is 4.79 Å². The summed E-state index contributed by atoms with van der Waals surface area (Å²) in [5.41, 5.74) is 1.72. The molecule has 8 heteroatoms. The Morgan fingerprint density at radius 2 is 1.45 bits per heavy atom. The highest BCUT2D eigenvalue weighted by atomic mass is 19.4. The quantitative estimate of drug-likeness (QED) is 0.687. The predicted octanol–water partition coefficient (Wildman–Crippen LogP) is 3.27. The first kappa shape index (κ1) is 16.2. The van der Waals surface area contributed by atoms with Crippen LogP contribution in [0.2, 0.25) is 0 Å². The number of halogens is 6. The minimum Gasteiger partial charge on any atom is -0.324 e. The summed E-state index contributed by atoms with van der Waals surface area (Å²) in [6, 6.07) is 1.06. The fraction of sp³-hybridized carbons (Fsp3) is 0.250. The summed E-state index contributed by atoms with van der Waals surface area (Å²) in [4.78, 5) is 10.9. The average molecular weight is 297 g/mol. The number of ketones is 1. The summed E-state index contributed by atoms with van der Waals surface area (Å²) in [7, 11) is 0. The molecule has 0 aliphatic carbocycles. The van der Waals surface area contributed by atoms with Gasteiger partial charge in [0.15, 0.2) is 5.78 Å². The van der Waals surface area contributed by atoms with E-state index < -0.39 is 29.3 Å². The lowest BCUT2D eigenvalue weighted by Gasteiger charge is -2.12. The SMILES string of the molecule is NCC(=O)C=Cc1cc(C(F)(F)F)cc(C(F)(F)F)c1. The van der Waals surface area contributed by atoms with Crippen molar-refractivity contribution >= 4 is 11.9 Å². The maximum absolute atomic E-state index is 12.5. The van der Waals surface area contributed by atoms with Crippen molar-refractivity contribution in [1.29, 1.82) is 0 Å². The van der Waals surface area contributed by atoms with Crippen LogP contribution < -0.4 is 5.73 Å². The van der Waals surface area contributed by atoms with Gasteiger partial charge in [-0.15, -0.1) is 0 Å². The molecule has 0 bridgehead atoms. The molecule has 0 fully saturated rings. The van der Waals surface area contributed by atoms with E-state index in [4.69, 9.17) is 5.73 Å². The predicted molar refractivity (Wildman–Crippen MR) is 59.5 cm³/mol. The van der Waals surface area contributed by atoms with E-state index in [0.717, 1.165) is 12.2 Å². The molecule has 1 rings (SSSR count). The van der Waals surface area contributed by atoms with Gasteiger partial charge in [0.1, 0.15) is 0 Å². The van der Waals surface area contributed by atoms with Crippen molar-refractivity contribution in [2.45, 2.75) is 12.4 Å². The van der Waals surface area contributed by atoms with E-state index >= 15 is 0 Å². The smallest absolute Gasteiger partial charge is 0.324 e. The third-order valence-electron chi connectivity index (χ3n) is 2.27. The molecule has 0 radical (unpaired) electrons. The van der Waals surface area contributed by atoms with E-state index in [-0.39, 0.29) is 18.2 Å². The Hall–Kier alpha value is -1.83. The number of hydrogen-bond donors (Lipinski definition) is 1. The number of carbonyl (C=O) groups is 1. The first-order chi connectivity index (χ1) is 9.04. The van der Waals surface area contributed by atoms with Gasteiger partial charge in [-0.05, 0) is 29.8 Å². The molecule has 0 aromatic heterocycles. The summed E-state index contributed by atoms with van der Waals surface area (Å²) >= 11 is 0. The van der Waals surface area contributed by atoms with E-state index in [2.05, 4.69) is 0 Å². The largest absolute Gasteiger partial charge is 0.416 e. The molecule has 0 unspecified atom stereocenters. The number of rotatable bonds is 3. The van der Waals surface area contributed by atoms with Crippen LogP contribution in [0.25, 0.3) is 6.08 Å². The highest BCUT2D eigenvalue weighted by Crippen LogP contribution is 2.36. The molecule has 2 nitrogen and oxygen atoms in total. The highest BCUT2D eigenvalue weighted by Gasteiger charge is 2.36. The van der Waals surface area contributed by atoms with Crippen molar-refractivity contribution in [2.24, 2.45) is 5.73 Å². The lowest BCUT2D eigenvalue weighted by molar-refractivity contribution is -0.143. The standard InChI is InChI=1S/C12H9F6NO/c13-11(14,15)8-3-7(1-2-10(20)6-19)4-9(5-8)12(16,17)18/h1-5H,6,19H2. The monoisotopic (exact) mass is 297 g/mol. The van der Waals surface area contributed by atoms with Gasteiger partial charge in [0.05, 0.1) is 17.7 Å². The molecule has 0 atom stereocenters. The molecule has 0 aliphatic heterocycles. The van der Waals surface area contributed by atoms with Crippen LogP contribution in [0.5, 0.6) is 0 Å². The third-order valence-corrected chi connectivity index (χ3v) is 2.27. The van der Waals surface area contributed by atoms with E-state index in [0.29, 0.717) is 12.1 Å². The first-order valence-electron chi connectivity index (χ1n) is 5.24. The van der Waals surface area contributed by atoms with E-state index in [1.807, 2.05) is 0 Å². The maximum atomic E-state index is 12.5. The van der Waals surface area contributed by atoms with Crippen molar-refractivity contribution in [2.75, 3.05) is 6.54 Å². The summed E-state index contributed by atoms with van der Waals surface area (Å²) in [5, 5.41) is 0. The van der Waals surface area contributed by atoms with Crippen molar-refractivity contribution in [1.82, 2.24) is 0 Å². The number of benzene rings is 1. The zero-order valence-electron chi connectivity index (χ0n) is 9.85. The minimum atomic E-state index is -4.91. The Morgan fingerprint density at radius 1 is 1.00 bits per heavy atom. The minimum absolute atomic E-state index is 0.0160. The molecule has 20 heavy (non-hydrogen) atoms. The van der Waals surface area contributed by atoms with Gasteiger partial charge in [-0.2, -0.15) is 26.3 Å². The Labute approximate surface area is 109 Å². The van der Waals surface area contributed by atoms with Crippen LogP contribution in [-0.2, 0) is 17.1 Å². The lowest BCUT2D eigenvalue weighted by atomic mass is 10.0. The highest BCUT2D eigenvalue weighted by molar-refractivity contribution is 5.94. The van der Waals surface area contributed by atoms with Crippen molar-refractivity contribution < 1.29 is 31.1 Å². The fourth-order valence-electron chi connectivity index (χ4n) is 1.33. The van der Waals surface area contributed by atoms with Crippen LogP contribution in [0.15, 0.2) is 24.3 Å².